The number of carbonyl (C=O) groups is 3. The number of ether oxygens (including phenoxy) is 1. The van der Waals surface area contributed by atoms with Crippen LogP contribution in [0.3, 0.4) is 0 Å². The molecule has 3 N–H and O–H groups in total. The summed E-state index contributed by atoms with van der Waals surface area (Å²) in [6.45, 7) is 1.71. The Labute approximate surface area is 121 Å². The van der Waals surface area contributed by atoms with E-state index in [1.807, 2.05) is 0 Å². The Balaban J connectivity index is 2.68. The molecular formula is C14H17NO6. The van der Waals surface area contributed by atoms with Crippen LogP contribution >= 0.6 is 0 Å². The number of benzene rings is 1. The number of amides is 1. The first-order chi connectivity index (χ1) is 9.95. The summed E-state index contributed by atoms with van der Waals surface area (Å²) in [7, 11) is 0. The lowest BCUT2D eigenvalue weighted by molar-refractivity contribution is -0.150. The number of rotatable bonds is 7. The predicted molar refractivity (Wildman–Crippen MR) is 72.2 cm³/mol. The fourth-order valence-electron chi connectivity index (χ4n) is 1.62. The van der Waals surface area contributed by atoms with E-state index >= 15 is 0 Å². The Hall–Kier alpha value is -2.41. The van der Waals surface area contributed by atoms with Crippen molar-refractivity contribution in [1.29, 1.82) is 0 Å². The van der Waals surface area contributed by atoms with Crippen LogP contribution < -0.4 is 5.32 Å². The third kappa shape index (κ3) is 5.23. The first-order valence-corrected chi connectivity index (χ1v) is 6.37. The number of aliphatic hydroxyl groups excluding tert-OH is 1. The van der Waals surface area contributed by atoms with Gasteiger partial charge in [0.25, 0.3) is 5.91 Å². The molecule has 0 radical (unpaired) electrons. The molecule has 0 fully saturated rings. The fraction of sp³-hybridized carbons (Fsp3) is 0.357. The molecule has 114 valence electrons. The largest absolute Gasteiger partial charge is 0.480 e. The van der Waals surface area contributed by atoms with Crippen LogP contribution in [0.5, 0.6) is 0 Å². The molecule has 0 aromatic heterocycles. The maximum absolute atomic E-state index is 11.8. The highest BCUT2D eigenvalue weighted by atomic mass is 16.5. The summed E-state index contributed by atoms with van der Waals surface area (Å²) >= 11 is 0. The van der Waals surface area contributed by atoms with Gasteiger partial charge < -0.3 is 20.3 Å². The molecule has 1 amide bonds. The average molecular weight is 295 g/mol. The van der Waals surface area contributed by atoms with Crippen molar-refractivity contribution in [3.63, 3.8) is 0 Å². The molecule has 1 rings (SSSR count). The van der Waals surface area contributed by atoms with Crippen molar-refractivity contribution in [3.8, 4) is 0 Å². The van der Waals surface area contributed by atoms with Crippen molar-refractivity contribution in [2.45, 2.75) is 25.5 Å². The molecule has 1 aromatic rings. The molecule has 0 spiro atoms. The van der Waals surface area contributed by atoms with Crippen molar-refractivity contribution in [3.05, 3.63) is 35.9 Å². The van der Waals surface area contributed by atoms with Gasteiger partial charge in [-0.1, -0.05) is 30.3 Å². The van der Waals surface area contributed by atoms with Gasteiger partial charge in [-0.15, -0.1) is 0 Å². The van der Waals surface area contributed by atoms with Crippen molar-refractivity contribution in [1.82, 2.24) is 5.32 Å². The second-order valence-corrected chi connectivity index (χ2v) is 4.22. The lowest BCUT2D eigenvalue weighted by atomic mass is 10.1. The molecule has 0 heterocycles. The minimum atomic E-state index is -1.50. The van der Waals surface area contributed by atoms with Gasteiger partial charge in [-0.3, -0.25) is 9.59 Å². The Kier molecular flexibility index (Phi) is 6.35. The molecule has 0 bridgehead atoms. The minimum Gasteiger partial charge on any atom is -0.480 e. The third-order valence-corrected chi connectivity index (χ3v) is 2.65. The Morgan fingerprint density at radius 1 is 1.24 bits per heavy atom. The first kappa shape index (κ1) is 16.6. The number of hydrogen-bond acceptors (Lipinski definition) is 5. The third-order valence-electron chi connectivity index (χ3n) is 2.65. The van der Waals surface area contributed by atoms with Gasteiger partial charge in [-0.05, 0) is 12.5 Å². The van der Waals surface area contributed by atoms with Gasteiger partial charge in [-0.25, -0.2) is 4.79 Å². The number of aliphatic hydroxyl groups is 1. The summed E-state index contributed by atoms with van der Waals surface area (Å²) in [5.41, 5.74) is 0.329. The van der Waals surface area contributed by atoms with Crippen LogP contribution in [0.4, 0.5) is 0 Å². The molecule has 7 nitrogen and oxygen atoms in total. The normalized spacial score (nSPS) is 13.0. The quantitative estimate of drug-likeness (QED) is 0.621. The zero-order valence-corrected chi connectivity index (χ0v) is 11.5. The number of carboxylic acids is 1. The van der Waals surface area contributed by atoms with Gasteiger partial charge in [0.15, 0.2) is 6.10 Å². The van der Waals surface area contributed by atoms with Crippen LogP contribution in [0.25, 0.3) is 0 Å². The minimum absolute atomic E-state index is 0.117. The zero-order chi connectivity index (χ0) is 15.8. The Bertz CT molecular complexity index is 501. The molecular weight excluding hydrogens is 278 g/mol. The fourth-order valence-corrected chi connectivity index (χ4v) is 1.62. The average Bonchev–Trinajstić information content (AvgIpc) is 2.46. The summed E-state index contributed by atoms with van der Waals surface area (Å²) in [5.74, 6) is -3.01. The maximum Gasteiger partial charge on any atom is 0.326 e. The maximum atomic E-state index is 11.8. The van der Waals surface area contributed by atoms with Crippen LogP contribution in [-0.2, 0) is 19.1 Å². The second-order valence-electron chi connectivity index (χ2n) is 4.22. The molecule has 0 saturated heterocycles. The van der Waals surface area contributed by atoms with Crippen LogP contribution in [0.2, 0.25) is 0 Å². The summed E-state index contributed by atoms with van der Waals surface area (Å²) in [4.78, 5) is 34.1. The Morgan fingerprint density at radius 2 is 1.86 bits per heavy atom. The number of hydrogen-bond donors (Lipinski definition) is 3. The molecule has 0 aliphatic rings. The molecule has 2 atom stereocenters. The highest BCUT2D eigenvalue weighted by Gasteiger charge is 2.27. The van der Waals surface area contributed by atoms with E-state index in [1.54, 1.807) is 25.1 Å². The summed E-state index contributed by atoms with van der Waals surface area (Å²) in [5, 5.41) is 20.9. The summed E-state index contributed by atoms with van der Waals surface area (Å²) in [6.07, 6.45) is -2.01. The van der Waals surface area contributed by atoms with Crippen molar-refractivity contribution >= 4 is 17.8 Å². The van der Waals surface area contributed by atoms with Crippen LogP contribution in [0.1, 0.15) is 25.0 Å². The Morgan fingerprint density at radius 3 is 2.38 bits per heavy atom. The highest BCUT2D eigenvalue weighted by Crippen LogP contribution is 2.12. The number of aliphatic carboxylic acids is 1. The van der Waals surface area contributed by atoms with Crippen molar-refractivity contribution in [2.24, 2.45) is 0 Å². The number of carbonyl (C=O) groups excluding carboxylic acids is 2. The number of esters is 1. The van der Waals surface area contributed by atoms with E-state index in [0.717, 1.165) is 0 Å². The molecule has 21 heavy (non-hydrogen) atoms. The van der Waals surface area contributed by atoms with Gasteiger partial charge in [0.2, 0.25) is 0 Å². The molecule has 7 heteroatoms. The molecule has 0 unspecified atom stereocenters. The van der Waals surface area contributed by atoms with Crippen LogP contribution in [-0.4, -0.2) is 40.7 Å². The lowest BCUT2D eigenvalue weighted by Gasteiger charge is -2.16. The molecule has 0 saturated carbocycles. The zero-order valence-electron chi connectivity index (χ0n) is 11.5. The van der Waals surface area contributed by atoms with Gasteiger partial charge >= 0.3 is 11.9 Å². The number of nitrogens with one attached hydrogen (secondary N) is 1. The van der Waals surface area contributed by atoms with Gasteiger partial charge in [0.05, 0.1) is 13.0 Å². The van der Waals surface area contributed by atoms with E-state index in [9.17, 15) is 19.5 Å². The van der Waals surface area contributed by atoms with Crippen LogP contribution in [0.15, 0.2) is 30.3 Å². The first-order valence-electron chi connectivity index (χ1n) is 6.37. The van der Waals surface area contributed by atoms with Crippen molar-refractivity contribution < 1.29 is 29.3 Å². The van der Waals surface area contributed by atoms with E-state index in [2.05, 4.69) is 10.1 Å². The second kappa shape index (κ2) is 8.01. The highest BCUT2D eigenvalue weighted by molar-refractivity contribution is 5.89. The van der Waals surface area contributed by atoms with Gasteiger partial charge in [-0.2, -0.15) is 0 Å². The SMILES string of the molecule is CCOC(=O)C[C@H](NC(=O)[C@@H](O)c1ccccc1)C(=O)O. The van der Waals surface area contributed by atoms with Crippen LogP contribution in [0, 0.1) is 0 Å². The van der Waals surface area contributed by atoms with Gasteiger partial charge in [0.1, 0.15) is 6.04 Å². The smallest absolute Gasteiger partial charge is 0.326 e. The van der Waals surface area contributed by atoms with E-state index in [4.69, 9.17) is 5.11 Å². The molecule has 1 aromatic carbocycles. The standard InChI is InChI=1S/C14H17NO6/c1-2-21-11(16)8-10(14(19)20)15-13(18)12(17)9-6-4-3-5-7-9/h3-7,10,12,17H,2,8H2,1H3,(H,15,18)(H,19,20)/t10-,12-/m0/s1. The molecule has 0 aliphatic heterocycles. The topological polar surface area (TPSA) is 113 Å². The van der Waals surface area contributed by atoms with E-state index < -0.39 is 36.4 Å². The van der Waals surface area contributed by atoms with Crippen molar-refractivity contribution in [2.75, 3.05) is 6.61 Å². The monoisotopic (exact) mass is 295 g/mol. The van der Waals surface area contributed by atoms with Gasteiger partial charge in [0, 0.05) is 0 Å². The van der Waals surface area contributed by atoms with E-state index in [-0.39, 0.29) is 6.61 Å². The lowest BCUT2D eigenvalue weighted by Crippen LogP contribution is -2.44. The summed E-state index contributed by atoms with van der Waals surface area (Å²) < 4.78 is 4.63. The van der Waals surface area contributed by atoms with E-state index in [1.165, 1.54) is 12.1 Å². The predicted octanol–water partition coefficient (Wildman–Crippen LogP) is 0.243. The number of carboxylic acid groups (broad SMARTS) is 1. The van der Waals surface area contributed by atoms with E-state index in [0.29, 0.717) is 5.56 Å². The summed E-state index contributed by atoms with van der Waals surface area (Å²) in [6, 6.07) is 6.61. The molecule has 0 aliphatic carbocycles.